The normalized spacial score (nSPS) is 12.0. The molecule has 2 amide bonds. The lowest BCUT2D eigenvalue weighted by Gasteiger charge is -2.15. The van der Waals surface area contributed by atoms with E-state index in [0.717, 1.165) is 11.3 Å². The second kappa shape index (κ2) is 13.7. The molecule has 1 aromatic carbocycles. The number of carbonyl (C=O) groups is 2. The van der Waals surface area contributed by atoms with Gasteiger partial charge in [0.15, 0.2) is 5.57 Å². The topological polar surface area (TPSA) is 128 Å². The second-order valence-corrected chi connectivity index (χ2v) is 8.37. The fraction of sp³-hybridized carbons (Fsp3) is 0.333. The number of terminal acetylenes is 1. The molecular formula is C24H28N6O4S. The number of nitrogens with one attached hydrogen (secondary N) is 3. The zero-order chi connectivity index (χ0) is 25.8. The Hall–Kier alpha value is -3.90. The highest BCUT2D eigenvalue weighted by atomic mass is 32.1. The van der Waals surface area contributed by atoms with Crippen molar-refractivity contribution in [2.24, 2.45) is 0 Å². The fourth-order valence-corrected chi connectivity index (χ4v) is 4.10. The van der Waals surface area contributed by atoms with E-state index in [2.05, 4.69) is 21.9 Å². The Bertz CT molecular complexity index is 1320. The summed E-state index contributed by atoms with van der Waals surface area (Å²) in [6, 6.07) is 8.91. The van der Waals surface area contributed by atoms with Crippen LogP contribution in [0.3, 0.4) is 0 Å². The number of nitrogens with zero attached hydrogens (tertiary/aromatic N) is 3. The summed E-state index contributed by atoms with van der Waals surface area (Å²) in [7, 11) is 3.44. The van der Waals surface area contributed by atoms with Crippen molar-refractivity contribution in [3.63, 3.8) is 0 Å². The van der Waals surface area contributed by atoms with Crippen LogP contribution in [0.5, 0.6) is 0 Å². The molecule has 0 atom stereocenters. The molecule has 0 aliphatic rings. The first kappa shape index (κ1) is 27.3. The minimum Gasteiger partial charge on any atom is -0.383 e. The summed E-state index contributed by atoms with van der Waals surface area (Å²) in [5.74, 6) is 1.48. The Morgan fingerprint density at radius 1 is 1.34 bits per heavy atom. The third-order valence-electron chi connectivity index (χ3n) is 4.73. The first-order valence-electron chi connectivity index (χ1n) is 10.7. The van der Waals surface area contributed by atoms with E-state index < -0.39 is 5.91 Å². The lowest BCUT2D eigenvalue weighted by molar-refractivity contribution is -0.117. The molecule has 0 aliphatic carbocycles. The number of hydrogen-bond acceptors (Lipinski definition) is 8. The van der Waals surface area contributed by atoms with Gasteiger partial charge in [-0.15, -0.1) is 17.8 Å². The Kier molecular flexibility index (Phi) is 10.7. The molecule has 2 aromatic rings. The van der Waals surface area contributed by atoms with Crippen molar-refractivity contribution in [2.45, 2.75) is 13.5 Å². The van der Waals surface area contributed by atoms with Gasteiger partial charge in [-0.2, -0.15) is 5.26 Å². The highest BCUT2D eigenvalue weighted by Crippen LogP contribution is 2.15. The molecule has 0 fully saturated rings. The SMILES string of the molecule is C#CCNC(=O)/C(C#N)=c1\s/c(=C/Nc2cccc(NC(=O)CN(C)CCOC)c2)c(=O)n1CC. The molecule has 35 heavy (non-hydrogen) atoms. The number of anilines is 2. The van der Waals surface area contributed by atoms with Crippen LogP contribution in [-0.4, -0.2) is 61.7 Å². The average molecular weight is 497 g/mol. The molecule has 0 bridgehead atoms. The number of methoxy groups -OCH3 is 1. The predicted octanol–water partition coefficient (Wildman–Crippen LogP) is -0.280. The standard InChI is InChI=1S/C24H28N6O4S/c1-5-10-26-22(32)19(14-25)24-30(6-2)23(33)20(35-24)15-27-17-8-7-9-18(13-17)28-21(31)16-29(3)11-12-34-4/h1,7-9,13,15,27H,6,10-12,16H2,2-4H3,(H,26,32)(H,28,31)/b20-15+,24-19-. The van der Waals surface area contributed by atoms with Gasteiger partial charge in [-0.25, -0.2) is 0 Å². The third-order valence-corrected chi connectivity index (χ3v) is 5.86. The van der Waals surface area contributed by atoms with Gasteiger partial charge in [-0.1, -0.05) is 12.0 Å². The minimum absolute atomic E-state index is 0.0252. The number of ether oxygens (including phenoxy) is 1. The molecule has 1 aromatic heterocycles. The molecule has 11 heteroatoms. The number of carbonyl (C=O) groups excluding carboxylic acids is 2. The molecule has 184 valence electrons. The lowest BCUT2D eigenvalue weighted by Crippen LogP contribution is -2.34. The van der Waals surface area contributed by atoms with Crippen molar-refractivity contribution in [3.05, 3.63) is 43.8 Å². The summed E-state index contributed by atoms with van der Waals surface area (Å²) < 4.78 is 6.94. The van der Waals surface area contributed by atoms with Crippen LogP contribution in [0.4, 0.5) is 11.4 Å². The molecule has 0 saturated heterocycles. The molecule has 2 rings (SSSR count). The molecule has 0 radical (unpaired) electrons. The first-order valence-corrected chi connectivity index (χ1v) is 11.6. The Morgan fingerprint density at radius 2 is 2.09 bits per heavy atom. The first-order chi connectivity index (χ1) is 16.8. The summed E-state index contributed by atoms with van der Waals surface area (Å²) in [4.78, 5) is 39.3. The van der Waals surface area contributed by atoms with E-state index in [1.165, 1.54) is 10.8 Å². The van der Waals surface area contributed by atoms with Gasteiger partial charge in [-0.05, 0) is 32.2 Å². The number of nitriles is 1. The van der Waals surface area contributed by atoms with Gasteiger partial charge >= 0.3 is 0 Å². The molecule has 0 aliphatic heterocycles. The van der Waals surface area contributed by atoms with Gasteiger partial charge < -0.3 is 20.7 Å². The third kappa shape index (κ3) is 7.83. The molecule has 0 unspecified atom stereocenters. The van der Waals surface area contributed by atoms with Crippen molar-refractivity contribution < 1.29 is 14.3 Å². The van der Waals surface area contributed by atoms with E-state index in [1.807, 2.05) is 18.0 Å². The van der Waals surface area contributed by atoms with E-state index in [-0.39, 0.29) is 41.3 Å². The molecule has 10 nitrogen and oxygen atoms in total. The zero-order valence-electron chi connectivity index (χ0n) is 19.9. The fourth-order valence-electron chi connectivity index (χ4n) is 3.02. The molecule has 3 N–H and O–H groups in total. The lowest BCUT2D eigenvalue weighted by atomic mass is 10.2. The Balaban J connectivity index is 2.26. The van der Waals surface area contributed by atoms with Gasteiger partial charge in [0.1, 0.15) is 15.3 Å². The highest BCUT2D eigenvalue weighted by Gasteiger charge is 2.14. The number of likely N-dealkylation sites (N-methyl/N-ethyl adjacent to an activating group) is 1. The van der Waals surface area contributed by atoms with Crippen molar-refractivity contribution in [3.8, 4) is 18.4 Å². The van der Waals surface area contributed by atoms with Crippen molar-refractivity contribution in [2.75, 3.05) is 51.0 Å². The molecular weight excluding hydrogens is 468 g/mol. The summed E-state index contributed by atoms with van der Waals surface area (Å²) in [5, 5.41) is 17.8. The largest absolute Gasteiger partial charge is 0.383 e. The minimum atomic E-state index is -0.635. The summed E-state index contributed by atoms with van der Waals surface area (Å²) in [6.45, 7) is 3.40. The van der Waals surface area contributed by atoms with Gasteiger partial charge in [0, 0.05) is 37.8 Å². The number of benzene rings is 1. The van der Waals surface area contributed by atoms with Crippen LogP contribution in [0.15, 0.2) is 29.1 Å². The van der Waals surface area contributed by atoms with Gasteiger partial charge in [-0.3, -0.25) is 23.9 Å². The van der Waals surface area contributed by atoms with Crippen molar-refractivity contribution in [1.82, 2.24) is 14.8 Å². The van der Waals surface area contributed by atoms with Crippen LogP contribution >= 0.6 is 11.3 Å². The van der Waals surface area contributed by atoms with E-state index in [1.54, 1.807) is 38.3 Å². The van der Waals surface area contributed by atoms with Crippen LogP contribution in [0.2, 0.25) is 0 Å². The van der Waals surface area contributed by atoms with Gasteiger partial charge in [0.2, 0.25) is 5.91 Å². The number of hydrogen-bond donors (Lipinski definition) is 3. The van der Waals surface area contributed by atoms with E-state index >= 15 is 0 Å². The molecule has 0 spiro atoms. The van der Waals surface area contributed by atoms with Crippen LogP contribution in [0, 0.1) is 23.7 Å². The number of thiazole rings is 1. The highest BCUT2D eigenvalue weighted by molar-refractivity contribution is 7.07. The van der Waals surface area contributed by atoms with Gasteiger partial charge in [0.05, 0.1) is 19.7 Å². The quantitative estimate of drug-likeness (QED) is 0.365. The molecule has 1 heterocycles. The number of aromatic nitrogens is 1. The zero-order valence-corrected chi connectivity index (χ0v) is 20.7. The van der Waals surface area contributed by atoms with Crippen molar-refractivity contribution in [1.29, 1.82) is 5.26 Å². The average Bonchev–Trinajstić information content (AvgIpc) is 3.15. The van der Waals surface area contributed by atoms with Gasteiger partial charge in [0.25, 0.3) is 11.5 Å². The Labute approximate surface area is 207 Å². The van der Waals surface area contributed by atoms with Crippen LogP contribution < -0.4 is 30.7 Å². The molecule has 0 saturated carbocycles. The van der Waals surface area contributed by atoms with Crippen LogP contribution in [0.25, 0.3) is 11.8 Å². The smallest absolute Gasteiger partial charge is 0.270 e. The summed E-state index contributed by atoms with van der Waals surface area (Å²) in [6.07, 6.45) is 6.67. The maximum atomic E-state index is 12.8. The van der Waals surface area contributed by atoms with Crippen LogP contribution in [0.1, 0.15) is 6.92 Å². The van der Waals surface area contributed by atoms with Crippen LogP contribution in [-0.2, 0) is 20.9 Å². The monoisotopic (exact) mass is 496 g/mol. The van der Waals surface area contributed by atoms with E-state index in [9.17, 15) is 19.6 Å². The maximum absolute atomic E-state index is 12.8. The maximum Gasteiger partial charge on any atom is 0.270 e. The van der Waals surface area contributed by atoms with Crippen molar-refractivity contribution >= 4 is 46.3 Å². The second-order valence-electron chi connectivity index (χ2n) is 7.34. The van der Waals surface area contributed by atoms with E-state index in [4.69, 9.17) is 11.2 Å². The summed E-state index contributed by atoms with van der Waals surface area (Å²) in [5.41, 5.74) is 0.728. The number of rotatable bonds is 11. The predicted molar refractivity (Wildman–Crippen MR) is 137 cm³/mol. The number of amides is 2. The van der Waals surface area contributed by atoms with E-state index in [0.29, 0.717) is 29.1 Å². The summed E-state index contributed by atoms with van der Waals surface area (Å²) >= 11 is 1.03. The Morgan fingerprint density at radius 3 is 2.74 bits per heavy atom.